The standard InChI is InChI=1S/C12H21NO5Si/c1-17-12(16)13-8-5-7(14)6-9(13)11(10(8)15)18-19(2,3)4/h8-11,15H,5-6H2,1-4H3/t8-,9+,10-,11+/m0/s1. The first-order valence-corrected chi connectivity index (χ1v) is 9.89. The molecule has 2 bridgehead atoms. The second-order valence-corrected chi connectivity index (χ2v) is 10.6. The zero-order chi connectivity index (χ0) is 14.4. The monoisotopic (exact) mass is 287 g/mol. The van der Waals surface area contributed by atoms with E-state index in [1.165, 1.54) is 12.0 Å². The molecule has 6 nitrogen and oxygen atoms in total. The van der Waals surface area contributed by atoms with E-state index in [1.54, 1.807) is 0 Å². The fraction of sp³-hybridized carbons (Fsp3) is 0.833. The molecule has 0 unspecified atom stereocenters. The van der Waals surface area contributed by atoms with E-state index in [0.717, 1.165) is 0 Å². The Morgan fingerprint density at radius 1 is 1.32 bits per heavy atom. The van der Waals surface area contributed by atoms with Gasteiger partial charge >= 0.3 is 6.09 Å². The maximum absolute atomic E-state index is 11.8. The molecule has 0 aromatic carbocycles. The Labute approximate surface area is 113 Å². The quantitative estimate of drug-likeness (QED) is 0.758. The maximum Gasteiger partial charge on any atom is 0.410 e. The van der Waals surface area contributed by atoms with E-state index < -0.39 is 38.7 Å². The van der Waals surface area contributed by atoms with Crippen LogP contribution in [0.4, 0.5) is 4.79 Å². The second-order valence-electron chi connectivity index (χ2n) is 6.14. The summed E-state index contributed by atoms with van der Waals surface area (Å²) in [7, 11) is -0.566. The lowest BCUT2D eigenvalue weighted by Gasteiger charge is -2.34. The van der Waals surface area contributed by atoms with Crippen LogP contribution in [0.2, 0.25) is 19.6 Å². The van der Waals surface area contributed by atoms with Crippen molar-refractivity contribution in [3.05, 3.63) is 0 Å². The summed E-state index contributed by atoms with van der Waals surface area (Å²) in [6.45, 7) is 6.06. The summed E-state index contributed by atoms with van der Waals surface area (Å²) in [4.78, 5) is 25.0. The molecule has 2 fully saturated rings. The number of amides is 1. The molecule has 2 heterocycles. The van der Waals surface area contributed by atoms with Crippen LogP contribution in [0.5, 0.6) is 0 Å². The van der Waals surface area contributed by atoms with Crippen molar-refractivity contribution in [2.75, 3.05) is 7.11 Å². The molecule has 0 aromatic rings. The van der Waals surface area contributed by atoms with Gasteiger partial charge < -0.3 is 14.3 Å². The zero-order valence-corrected chi connectivity index (χ0v) is 12.8. The Hall–Kier alpha value is -0.923. The smallest absolute Gasteiger partial charge is 0.410 e. The van der Waals surface area contributed by atoms with Crippen LogP contribution in [-0.2, 0) is 14.0 Å². The summed E-state index contributed by atoms with van der Waals surface area (Å²) in [5.74, 6) is 0.0656. The van der Waals surface area contributed by atoms with Crippen LogP contribution in [0.3, 0.4) is 0 Å². The molecule has 1 N–H and O–H groups in total. The number of hydrogen-bond donors (Lipinski definition) is 1. The number of ether oxygens (including phenoxy) is 1. The highest BCUT2D eigenvalue weighted by molar-refractivity contribution is 6.69. The lowest BCUT2D eigenvalue weighted by molar-refractivity contribution is -0.123. The van der Waals surface area contributed by atoms with Gasteiger partial charge in [-0.1, -0.05) is 0 Å². The number of rotatable bonds is 2. The number of hydrogen-bond acceptors (Lipinski definition) is 5. The molecule has 2 saturated heterocycles. The van der Waals surface area contributed by atoms with E-state index >= 15 is 0 Å². The third-order valence-electron chi connectivity index (χ3n) is 3.57. The Morgan fingerprint density at radius 3 is 2.42 bits per heavy atom. The molecule has 0 saturated carbocycles. The summed E-state index contributed by atoms with van der Waals surface area (Å²) >= 11 is 0. The molecule has 0 radical (unpaired) electrons. The van der Waals surface area contributed by atoms with Gasteiger partial charge in [-0.2, -0.15) is 0 Å². The van der Waals surface area contributed by atoms with E-state index in [1.807, 2.05) is 19.6 Å². The number of fused-ring (bicyclic) bond motifs is 2. The molecule has 0 aromatic heterocycles. The third kappa shape index (κ3) is 2.68. The van der Waals surface area contributed by atoms with Crippen molar-refractivity contribution in [1.29, 1.82) is 0 Å². The minimum atomic E-state index is -1.87. The predicted octanol–water partition coefficient (Wildman–Crippen LogP) is 0.749. The van der Waals surface area contributed by atoms with Gasteiger partial charge in [-0.15, -0.1) is 0 Å². The Bertz CT molecular complexity index is 394. The first kappa shape index (κ1) is 14.5. The maximum atomic E-state index is 11.8. The molecule has 0 spiro atoms. The molecular formula is C12H21NO5Si. The van der Waals surface area contributed by atoms with Crippen molar-refractivity contribution in [2.24, 2.45) is 0 Å². The van der Waals surface area contributed by atoms with Gasteiger partial charge in [0, 0.05) is 12.8 Å². The van der Waals surface area contributed by atoms with Crippen molar-refractivity contribution >= 4 is 20.2 Å². The molecule has 1 amide bonds. The molecule has 19 heavy (non-hydrogen) atoms. The summed E-state index contributed by atoms with van der Waals surface area (Å²) in [5, 5.41) is 10.4. The van der Waals surface area contributed by atoms with E-state index in [4.69, 9.17) is 9.16 Å². The molecule has 2 aliphatic rings. The number of carbonyl (C=O) groups is 2. The van der Waals surface area contributed by atoms with Gasteiger partial charge in [-0.3, -0.25) is 9.69 Å². The van der Waals surface area contributed by atoms with Crippen molar-refractivity contribution in [2.45, 2.75) is 56.8 Å². The van der Waals surface area contributed by atoms with Crippen molar-refractivity contribution in [3.63, 3.8) is 0 Å². The first-order valence-electron chi connectivity index (χ1n) is 6.48. The van der Waals surface area contributed by atoms with E-state index in [2.05, 4.69) is 0 Å². The van der Waals surface area contributed by atoms with Gasteiger partial charge in [0.25, 0.3) is 0 Å². The van der Waals surface area contributed by atoms with Gasteiger partial charge in [0.1, 0.15) is 11.9 Å². The van der Waals surface area contributed by atoms with Crippen LogP contribution in [0.1, 0.15) is 12.8 Å². The third-order valence-corrected chi connectivity index (χ3v) is 4.55. The largest absolute Gasteiger partial charge is 0.453 e. The predicted molar refractivity (Wildman–Crippen MR) is 70.3 cm³/mol. The summed E-state index contributed by atoms with van der Waals surface area (Å²) < 4.78 is 10.7. The van der Waals surface area contributed by atoms with E-state index in [9.17, 15) is 14.7 Å². The van der Waals surface area contributed by atoms with Crippen LogP contribution >= 0.6 is 0 Å². The lowest BCUT2D eigenvalue weighted by Crippen LogP contribution is -2.50. The highest BCUT2D eigenvalue weighted by Gasteiger charge is 2.56. The van der Waals surface area contributed by atoms with Crippen molar-refractivity contribution in [1.82, 2.24) is 4.90 Å². The average Bonchev–Trinajstić information content (AvgIpc) is 2.46. The molecule has 0 aliphatic carbocycles. The average molecular weight is 287 g/mol. The van der Waals surface area contributed by atoms with Gasteiger partial charge in [0.05, 0.1) is 25.3 Å². The number of carbonyl (C=O) groups excluding carboxylic acids is 2. The Balaban J connectivity index is 2.27. The summed E-state index contributed by atoms with van der Waals surface area (Å²) in [6, 6.07) is -0.916. The second kappa shape index (κ2) is 4.88. The fourth-order valence-electron chi connectivity index (χ4n) is 2.93. The van der Waals surface area contributed by atoms with E-state index in [-0.39, 0.29) is 18.6 Å². The molecule has 4 atom stereocenters. The van der Waals surface area contributed by atoms with Gasteiger partial charge in [-0.05, 0) is 19.6 Å². The number of ketones is 1. The highest BCUT2D eigenvalue weighted by Crippen LogP contribution is 2.37. The van der Waals surface area contributed by atoms with Crippen molar-refractivity contribution < 1.29 is 23.9 Å². The number of nitrogens with zero attached hydrogens (tertiary/aromatic N) is 1. The van der Waals surface area contributed by atoms with Gasteiger partial charge in [0.15, 0.2) is 8.32 Å². The van der Waals surface area contributed by atoms with Crippen LogP contribution in [0, 0.1) is 0 Å². The number of aliphatic hydroxyl groups excluding tert-OH is 1. The fourth-order valence-corrected chi connectivity index (χ4v) is 4.04. The van der Waals surface area contributed by atoms with Crippen molar-refractivity contribution in [3.8, 4) is 0 Å². The summed E-state index contributed by atoms with van der Waals surface area (Å²) in [5.41, 5.74) is 0. The molecule has 2 aliphatic heterocycles. The van der Waals surface area contributed by atoms with Crippen LogP contribution < -0.4 is 0 Å². The van der Waals surface area contributed by atoms with Gasteiger partial charge in [-0.25, -0.2) is 4.79 Å². The zero-order valence-electron chi connectivity index (χ0n) is 11.8. The normalized spacial score (nSPS) is 34.6. The minimum Gasteiger partial charge on any atom is -0.453 e. The van der Waals surface area contributed by atoms with E-state index in [0.29, 0.717) is 0 Å². The number of aliphatic hydroxyl groups is 1. The summed E-state index contributed by atoms with van der Waals surface area (Å²) in [6.07, 6.45) is -1.39. The number of Topliss-reactive ketones (excluding diaryl/α,β-unsaturated/α-hetero) is 1. The molecule has 7 heteroatoms. The van der Waals surface area contributed by atoms with Crippen LogP contribution in [0.15, 0.2) is 0 Å². The Morgan fingerprint density at radius 2 is 1.89 bits per heavy atom. The molecule has 108 valence electrons. The lowest BCUT2D eigenvalue weighted by atomic mass is 10.0. The molecular weight excluding hydrogens is 266 g/mol. The minimum absolute atomic E-state index is 0.0656. The molecule has 2 rings (SSSR count). The van der Waals surface area contributed by atoms with Crippen LogP contribution in [0.25, 0.3) is 0 Å². The first-order chi connectivity index (χ1) is 8.74. The number of methoxy groups -OCH3 is 1. The number of piperidine rings is 1. The van der Waals surface area contributed by atoms with Gasteiger partial charge in [0.2, 0.25) is 0 Å². The SMILES string of the molecule is COC(=O)N1[C@@H]2CC(=O)C[C@H]1[C@H](O)[C@@H]2O[Si](C)(C)C. The topological polar surface area (TPSA) is 76.1 Å². The van der Waals surface area contributed by atoms with Crippen LogP contribution in [-0.4, -0.2) is 61.6 Å². The Kier molecular flexibility index (Phi) is 3.72. The highest BCUT2D eigenvalue weighted by atomic mass is 28.4.